The van der Waals surface area contributed by atoms with Gasteiger partial charge in [0.2, 0.25) is 0 Å². The maximum absolute atomic E-state index is 2.43. The quantitative estimate of drug-likeness (QED) is 0.438. The van der Waals surface area contributed by atoms with Gasteiger partial charge in [0.05, 0.1) is 0 Å². The molecule has 0 bridgehead atoms. The summed E-state index contributed by atoms with van der Waals surface area (Å²) >= 11 is 0. The monoisotopic (exact) mass is 320 g/mol. The van der Waals surface area contributed by atoms with E-state index in [-0.39, 0.29) is 0 Å². The Morgan fingerprint density at radius 3 is 1.10 bits per heavy atom. The van der Waals surface area contributed by atoms with Gasteiger partial charge in [-0.2, -0.15) is 0 Å². The van der Waals surface area contributed by atoms with Gasteiger partial charge in [0, 0.05) is 0 Å². The summed E-state index contributed by atoms with van der Waals surface area (Å²) in [5, 5.41) is 0. The summed E-state index contributed by atoms with van der Waals surface area (Å²) in [5.74, 6) is 0. The van der Waals surface area contributed by atoms with E-state index in [4.69, 9.17) is 0 Å². The van der Waals surface area contributed by atoms with Gasteiger partial charge < -0.3 is 0 Å². The van der Waals surface area contributed by atoms with Gasteiger partial charge in [-0.25, -0.2) is 0 Å². The second kappa shape index (κ2) is 9.79. The Balaban J connectivity index is 2.63. The van der Waals surface area contributed by atoms with Gasteiger partial charge >= 0.3 is 130 Å². The molecule has 0 aromatic rings. The third kappa shape index (κ3) is 5.57. The van der Waals surface area contributed by atoms with Gasteiger partial charge in [-0.3, -0.25) is 0 Å². The van der Waals surface area contributed by atoms with Gasteiger partial charge in [-0.15, -0.1) is 0 Å². The van der Waals surface area contributed by atoms with E-state index in [0.717, 1.165) is 0 Å². The van der Waals surface area contributed by atoms with Crippen molar-refractivity contribution in [3.63, 3.8) is 0 Å². The molecule has 0 N–H and O–H groups in total. The zero-order valence-electron chi connectivity index (χ0n) is 14.9. The number of rotatable bonds is 10. The van der Waals surface area contributed by atoms with Crippen molar-refractivity contribution in [1.82, 2.24) is 0 Å². The number of hydrogen-bond donors (Lipinski definition) is 0. The Hall–Kier alpha value is 0.860. The third-order valence-electron chi connectivity index (χ3n) is 6.05. The molecule has 2 heteroatoms. The van der Waals surface area contributed by atoms with Gasteiger partial charge in [-0.05, 0) is 0 Å². The molecule has 1 aliphatic heterocycles. The molecule has 0 amide bonds. The van der Waals surface area contributed by atoms with E-state index in [1.54, 1.807) is 49.3 Å². The van der Waals surface area contributed by atoms with Gasteiger partial charge in [0.1, 0.15) is 0 Å². The van der Waals surface area contributed by atoms with E-state index < -0.39 is 14.5 Å². The first kappa shape index (κ1) is 18.9. The molecular weight excluding hydrogens is 278 g/mol. The first-order chi connectivity index (χ1) is 9.66. The average Bonchev–Trinajstić information content (AvgIpc) is 2.47. The molecule has 0 radical (unpaired) electrons. The van der Waals surface area contributed by atoms with Crippen LogP contribution in [0.25, 0.3) is 0 Å². The van der Waals surface area contributed by atoms with Crippen LogP contribution in [0.15, 0.2) is 0 Å². The molecule has 0 atom stereocenters. The van der Waals surface area contributed by atoms with E-state index >= 15 is 0 Å². The van der Waals surface area contributed by atoms with Crippen LogP contribution in [0.5, 0.6) is 0 Å². The molecule has 0 aromatic heterocycles. The Morgan fingerprint density at radius 2 is 0.850 bits per heavy atom. The van der Waals surface area contributed by atoms with Gasteiger partial charge in [-0.1, -0.05) is 0 Å². The minimum absolute atomic E-state index is 0.826. The Morgan fingerprint density at radius 1 is 0.500 bits per heavy atom. The average molecular weight is 320 g/mol. The Bertz CT molecular complexity index is 216. The molecule has 1 saturated heterocycles. The van der Waals surface area contributed by atoms with Crippen molar-refractivity contribution in [2.75, 3.05) is 49.3 Å². The molecule has 1 heterocycles. The Labute approximate surface area is 130 Å². The summed E-state index contributed by atoms with van der Waals surface area (Å²) in [6.45, 7) is 9.63. The first-order valence-electron chi connectivity index (χ1n) is 9.66. The van der Waals surface area contributed by atoms with Crippen molar-refractivity contribution in [1.29, 1.82) is 0 Å². The SMILES string of the molecule is CCCC[PH]1(CCC)CC[PH](CCC)(CCCC)CC1. The molecule has 1 aliphatic rings. The Kier molecular flexibility index (Phi) is 9.26. The fourth-order valence-electron chi connectivity index (χ4n) is 4.72. The van der Waals surface area contributed by atoms with Crippen LogP contribution in [0, 0.1) is 0 Å². The van der Waals surface area contributed by atoms with E-state index in [2.05, 4.69) is 27.7 Å². The van der Waals surface area contributed by atoms with Crippen molar-refractivity contribution < 1.29 is 0 Å². The van der Waals surface area contributed by atoms with Crippen LogP contribution >= 0.6 is 14.5 Å². The standard InChI is InChI=1S/C18H42P2/c1-5-9-13-19(11-7-3)15-17-20(12-8-4,18-16-19)14-10-6-2/h19-20H,5-18H2,1-4H3. The van der Waals surface area contributed by atoms with E-state index in [1.165, 1.54) is 38.5 Å². The van der Waals surface area contributed by atoms with Gasteiger partial charge in [0.25, 0.3) is 0 Å². The molecule has 0 aliphatic carbocycles. The molecule has 1 fully saturated rings. The second-order valence-corrected chi connectivity index (χ2v) is 17.7. The van der Waals surface area contributed by atoms with Crippen LogP contribution in [-0.4, -0.2) is 49.3 Å². The summed E-state index contributed by atoms with van der Waals surface area (Å²) in [6.07, 6.45) is 22.4. The summed E-state index contributed by atoms with van der Waals surface area (Å²) in [6, 6.07) is 0. The van der Waals surface area contributed by atoms with Crippen LogP contribution in [0.1, 0.15) is 66.2 Å². The van der Waals surface area contributed by atoms with Gasteiger partial charge in [0.15, 0.2) is 0 Å². The van der Waals surface area contributed by atoms with E-state index in [0.29, 0.717) is 0 Å². The van der Waals surface area contributed by atoms with Crippen LogP contribution in [0.3, 0.4) is 0 Å². The second-order valence-electron chi connectivity index (χ2n) is 7.71. The van der Waals surface area contributed by atoms with Crippen molar-refractivity contribution in [3.8, 4) is 0 Å². The molecule has 0 saturated carbocycles. The van der Waals surface area contributed by atoms with E-state index in [1.807, 2.05) is 0 Å². The normalized spacial score (nSPS) is 24.2. The molecule has 0 spiro atoms. The van der Waals surface area contributed by atoms with Crippen LogP contribution < -0.4 is 0 Å². The predicted molar refractivity (Wildman–Crippen MR) is 106 cm³/mol. The molecule has 20 heavy (non-hydrogen) atoms. The fourth-order valence-corrected chi connectivity index (χ4v) is 20.5. The number of hydrogen-bond acceptors (Lipinski definition) is 0. The summed E-state index contributed by atoms with van der Waals surface area (Å²) in [4.78, 5) is 0. The molecule has 0 unspecified atom stereocenters. The zero-order chi connectivity index (χ0) is 14.9. The van der Waals surface area contributed by atoms with Crippen LogP contribution in [0.4, 0.5) is 0 Å². The molecule has 124 valence electrons. The van der Waals surface area contributed by atoms with Crippen LogP contribution in [0.2, 0.25) is 0 Å². The number of unbranched alkanes of at least 4 members (excludes halogenated alkanes) is 2. The van der Waals surface area contributed by atoms with Crippen molar-refractivity contribution >= 4 is 14.5 Å². The summed E-state index contributed by atoms with van der Waals surface area (Å²) < 4.78 is 0. The fraction of sp³-hybridized carbons (Fsp3) is 1.00. The third-order valence-corrected chi connectivity index (χ3v) is 18.2. The molecule has 1 rings (SSSR count). The maximum atomic E-state index is 2.43. The van der Waals surface area contributed by atoms with Crippen molar-refractivity contribution in [2.45, 2.75) is 66.2 Å². The van der Waals surface area contributed by atoms with E-state index in [9.17, 15) is 0 Å². The summed E-state index contributed by atoms with van der Waals surface area (Å²) in [7, 11) is -1.65. The molecule has 0 aromatic carbocycles. The zero-order valence-corrected chi connectivity index (χ0v) is 16.9. The van der Waals surface area contributed by atoms with Crippen LogP contribution in [-0.2, 0) is 0 Å². The van der Waals surface area contributed by atoms with Crippen molar-refractivity contribution in [2.24, 2.45) is 0 Å². The predicted octanol–water partition coefficient (Wildman–Crippen LogP) is 5.92. The topological polar surface area (TPSA) is 0 Å². The molecular formula is C18H42P2. The minimum atomic E-state index is -0.826. The first-order valence-corrected chi connectivity index (χ1v) is 15.3. The summed E-state index contributed by atoms with van der Waals surface area (Å²) in [5.41, 5.74) is 0. The molecule has 0 nitrogen and oxygen atoms in total. The van der Waals surface area contributed by atoms with Crippen molar-refractivity contribution in [3.05, 3.63) is 0 Å².